The highest BCUT2D eigenvalue weighted by molar-refractivity contribution is 7.53. The van der Waals surface area contributed by atoms with Crippen molar-refractivity contribution in [1.29, 1.82) is 0 Å². The van der Waals surface area contributed by atoms with E-state index in [2.05, 4.69) is 14.8 Å². The highest BCUT2D eigenvalue weighted by Crippen LogP contribution is 2.42. The summed E-state index contributed by atoms with van der Waals surface area (Å²) in [7, 11) is -3.67. The van der Waals surface area contributed by atoms with Gasteiger partial charge in [-0.3, -0.25) is 4.79 Å². The smallest absolute Gasteiger partial charge is 0.376 e. The van der Waals surface area contributed by atoms with Crippen LogP contribution in [0, 0.1) is 5.92 Å². The maximum absolute atomic E-state index is 12.7. The highest BCUT2D eigenvalue weighted by atomic mass is 35.5. The fourth-order valence-electron chi connectivity index (χ4n) is 4.02. The lowest BCUT2D eigenvalue weighted by Gasteiger charge is -2.12. The fourth-order valence-corrected chi connectivity index (χ4v) is 5.38. The Morgan fingerprint density at radius 2 is 2.08 bits per heavy atom. The lowest BCUT2D eigenvalue weighted by molar-refractivity contribution is 0.102. The van der Waals surface area contributed by atoms with Crippen molar-refractivity contribution in [3.8, 4) is 17.0 Å². The maximum atomic E-state index is 12.7. The number of hydrogen-bond acceptors (Lipinski definition) is 7. The van der Waals surface area contributed by atoms with Crippen LogP contribution in [0.2, 0.25) is 5.02 Å². The number of anilines is 1. The number of pyridine rings is 1. The van der Waals surface area contributed by atoms with Crippen LogP contribution >= 0.6 is 30.7 Å². The summed E-state index contributed by atoms with van der Waals surface area (Å²) in [6.07, 6.45) is 7.50. The van der Waals surface area contributed by atoms with Gasteiger partial charge < -0.3 is 14.7 Å². The molecule has 2 N–H and O–H groups in total. The van der Waals surface area contributed by atoms with Crippen molar-refractivity contribution in [2.45, 2.75) is 45.6 Å². The Bertz CT molecular complexity index is 1450. The molecule has 1 fully saturated rings. The number of benzene rings is 1. The van der Waals surface area contributed by atoms with Crippen LogP contribution in [0.25, 0.3) is 22.3 Å². The molecule has 1 saturated carbocycles. The molecule has 0 spiro atoms. The van der Waals surface area contributed by atoms with E-state index in [0.29, 0.717) is 45.4 Å². The maximum Gasteiger partial charge on any atom is 0.376 e. The van der Waals surface area contributed by atoms with Crippen LogP contribution in [0.4, 0.5) is 5.82 Å². The van der Waals surface area contributed by atoms with Gasteiger partial charge in [-0.25, -0.2) is 18.6 Å². The summed E-state index contributed by atoms with van der Waals surface area (Å²) in [6.45, 7) is 2.26. The van der Waals surface area contributed by atoms with Gasteiger partial charge in [-0.15, -0.1) is 0 Å². The molecule has 5 rings (SSSR count). The number of aryl methyl sites for hydroxylation is 1. The normalized spacial score (nSPS) is 15.0. The van der Waals surface area contributed by atoms with Gasteiger partial charge in [-0.2, -0.15) is 5.10 Å². The molecule has 1 unspecified atom stereocenters. The Hall–Kier alpha value is -2.78. The van der Waals surface area contributed by atoms with Crippen molar-refractivity contribution in [1.82, 2.24) is 19.1 Å². The number of unbranched alkanes of at least 4 members (excludes halogenated alkanes) is 1. The van der Waals surface area contributed by atoms with Crippen LogP contribution in [0.5, 0.6) is 5.75 Å². The van der Waals surface area contributed by atoms with Gasteiger partial charge in [0.2, 0.25) is 0 Å². The van der Waals surface area contributed by atoms with E-state index in [4.69, 9.17) is 21.1 Å². The molecule has 0 bridgehead atoms. The van der Waals surface area contributed by atoms with Crippen molar-refractivity contribution < 1.29 is 18.8 Å². The molecular formula is C25H27ClN5O4PS. The van der Waals surface area contributed by atoms with Gasteiger partial charge in [0.05, 0.1) is 34.0 Å². The van der Waals surface area contributed by atoms with Crippen LogP contribution in [-0.2, 0) is 11.1 Å². The zero-order chi connectivity index (χ0) is 26.0. The first kappa shape index (κ1) is 25.9. The van der Waals surface area contributed by atoms with E-state index in [0.717, 1.165) is 24.3 Å². The van der Waals surface area contributed by atoms with E-state index in [-0.39, 0.29) is 12.1 Å². The van der Waals surface area contributed by atoms with Crippen LogP contribution in [0.15, 0.2) is 41.9 Å². The molecule has 4 aromatic rings. The number of nitrogens with one attached hydrogen (secondary N) is 1. The number of carbonyl (C=O) groups excluding carboxylic acids is 1. The first-order chi connectivity index (χ1) is 17.8. The van der Waals surface area contributed by atoms with Crippen molar-refractivity contribution >= 4 is 53.5 Å². The number of hydrogen-bond donors (Lipinski definition) is 2. The number of amides is 1. The van der Waals surface area contributed by atoms with E-state index in [1.165, 1.54) is 37.0 Å². The van der Waals surface area contributed by atoms with Gasteiger partial charge >= 0.3 is 7.60 Å². The van der Waals surface area contributed by atoms with Crippen LogP contribution in [-0.4, -0.2) is 36.1 Å². The third kappa shape index (κ3) is 6.21. The van der Waals surface area contributed by atoms with Crippen LogP contribution in [0.3, 0.4) is 0 Å². The average molecular weight is 560 g/mol. The van der Waals surface area contributed by atoms with Gasteiger partial charge in [0.15, 0.2) is 11.5 Å². The number of fused-ring (bicyclic) bond motifs is 1. The van der Waals surface area contributed by atoms with Gasteiger partial charge in [0.1, 0.15) is 5.75 Å². The second kappa shape index (κ2) is 10.9. The molecule has 3 aromatic heterocycles. The zero-order valence-electron chi connectivity index (χ0n) is 20.3. The van der Waals surface area contributed by atoms with Crippen molar-refractivity contribution in [2.24, 2.45) is 5.92 Å². The molecule has 1 aromatic carbocycles. The summed E-state index contributed by atoms with van der Waals surface area (Å²) in [5.41, 5.74) is 2.35. The molecule has 3 heterocycles. The SMILES string of the molecule is CCP(=O)(O)Oc1ccc(-c2nc3c(cc2Cl)c(NC(=O)c2cnsc2)nn3CCCCC2CC2)cc1. The predicted molar refractivity (Wildman–Crippen MR) is 146 cm³/mol. The number of carbonyl (C=O) groups is 1. The summed E-state index contributed by atoms with van der Waals surface area (Å²) >= 11 is 7.86. The number of aromatic nitrogens is 4. The van der Waals surface area contributed by atoms with Crippen LogP contribution in [0.1, 0.15) is 49.4 Å². The summed E-state index contributed by atoms with van der Waals surface area (Å²) < 4.78 is 22.9. The molecule has 0 saturated heterocycles. The Morgan fingerprint density at radius 3 is 2.76 bits per heavy atom. The van der Waals surface area contributed by atoms with Crippen molar-refractivity contribution in [2.75, 3.05) is 11.5 Å². The minimum absolute atomic E-state index is 0.0191. The molecule has 194 valence electrons. The Kier molecular flexibility index (Phi) is 7.62. The van der Waals surface area contributed by atoms with Gasteiger partial charge in [-0.1, -0.05) is 44.2 Å². The van der Waals surface area contributed by atoms with E-state index in [1.54, 1.807) is 42.6 Å². The molecule has 37 heavy (non-hydrogen) atoms. The highest BCUT2D eigenvalue weighted by Gasteiger charge is 2.22. The molecule has 12 heteroatoms. The van der Waals surface area contributed by atoms with Gasteiger partial charge in [0.25, 0.3) is 5.91 Å². The zero-order valence-corrected chi connectivity index (χ0v) is 22.7. The summed E-state index contributed by atoms with van der Waals surface area (Å²) in [6, 6.07) is 8.48. The third-order valence-corrected chi connectivity index (χ3v) is 8.48. The fraction of sp³-hybridized carbons (Fsp3) is 0.360. The lowest BCUT2D eigenvalue weighted by atomic mass is 10.1. The molecule has 9 nitrogen and oxygen atoms in total. The lowest BCUT2D eigenvalue weighted by Crippen LogP contribution is -2.12. The van der Waals surface area contributed by atoms with Crippen molar-refractivity contribution in [3.05, 3.63) is 52.5 Å². The molecule has 0 radical (unpaired) electrons. The van der Waals surface area contributed by atoms with Gasteiger partial charge in [-0.05, 0) is 54.2 Å². The minimum Gasteiger partial charge on any atom is -0.424 e. The standard InChI is InChI=1S/C25H27ClN5O4PS/c1-2-36(33,34)35-19-10-8-17(9-11-19)22-21(26)13-20-23(29-25(32)18-14-27-37-15-18)30-31(24(20)28-22)12-4-3-5-16-6-7-16/h8-11,13-16H,2-7,12H2,1H3,(H,33,34)(H,29,30,32). The van der Waals surface area contributed by atoms with Gasteiger partial charge in [0, 0.05) is 17.5 Å². The van der Waals surface area contributed by atoms with E-state index >= 15 is 0 Å². The molecule has 1 amide bonds. The van der Waals surface area contributed by atoms with Crippen molar-refractivity contribution in [3.63, 3.8) is 0 Å². The third-order valence-electron chi connectivity index (χ3n) is 6.31. The van der Waals surface area contributed by atoms with Crippen LogP contribution < -0.4 is 9.84 Å². The Balaban J connectivity index is 1.45. The molecule has 0 aliphatic heterocycles. The molecule has 1 aliphatic rings. The quantitative estimate of drug-likeness (QED) is 0.156. The summed E-state index contributed by atoms with van der Waals surface area (Å²) in [5, 5.41) is 10.3. The Morgan fingerprint density at radius 1 is 1.30 bits per heavy atom. The average Bonchev–Trinajstić information content (AvgIpc) is 3.42. The topological polar surface area (TPSA) is 119 Å². The molecule has 1 aliphatic carbocycles. The predicted octanol–water partition coefficient (Wildman–Crippen LogP) is 6.62. The Labute approximate surface area is 223 Å². The number of halogens is 1. The first-order valence-corrected chi connectivity index (χ1v) is 15.2. The second-order valence-corrected chi connectivity index (χ2v) is 12.3. The summed E-state index contributed by atoms with van der Waals surface area (Å²) in [5.74, 6) is 1.27. The second-order valence-electron chi connectivity index (χ2n) is 9.14. The van der Waals surface area contributed by atoms with E-state index < -0.39 is 7.60 Å². The molecule has 1 atom stereocenters. The van der Waals surface area contributed by atoms with E-state index in [1.807, 2.05) is 4.68 Å². The monoisotopic (exact) mass is 559 g/mol. The minimum atomic E-state index is -3.67. The number of nitrogens with zero attached hydrogens (tertiary/aromatic N) is 4. The largest absolute Gasteiger partial charge is 0.424 e. The first-order valence-electron chi connectivity index (χ1n) is 12.2. The summed E-state index contributed by atoms with van der Waals surface area (Å²) in [4.78, 5) is 27.3. The molecular weight excluding hydrogens is 533 g/mol. The van der Waals surface area contributed by atoms with E-state index in [9.17, 15) is 14.3 Å². The number of rotatable bonds is 11.